The minimum atomic E-state index is -0.134. The lowest BCUT2D eigenvalue weighted by atomic mass is 10.1. The highest BCUT2D eigenvalue weighted by atomic mass is 16.2. The summed E-state index contributed by atoms with van der Waals surface area (Å²) in [6.45, 7) is 2.55. The number of amides is 2. The fourth-order valence-corrected chi connectivity index (χ4v) is 3.34. The van der Waals surface area contributed by atoms with E-state index >= 15 is 0 Å². The summed E-state index contributed by atoms with van der Waals surface area (Å²) in [5, 5.41) is 3.13. The average Bonchev–Trinajstić information content (AvgIpc) is 3.31. The molecule has 1 saturated carbocycles. The van der Waals surface area contributed by atoms with Gasteiger partial charge in [-0.3, -0.25) is 9.59 Å². The summed E-state index contributed by atoms with van der Waals surface area (Å²) >= 11 is 0. The molecular formula is C19H24N4O2. The second-order valence-corrected chi connectivity index (χ2v) is 6.49. The van der Waals surface area contributed by atoms with E-state index in [9.17, 15) is 9.59 Å². The van der Waals surface area contributed by atoms with Crippen LogP contribution in [0, 0.1) is 0 Å². The van der Waals surface area contributed by atoms with Crippen LogP contribution >= 0.6 is 0 Å². The maximum atomic E-state index is 12.7. The molecule has 3 rings (SSSR count). The van der Waals surface area contributed by atoms with Crippen LogP contribution in [-0.2, 0) is 0 Å². The van der Waals surface area contributed by atoms with Crippen LogP contribution in [0.25, 0.3) is 0 Å². The third kappa shape index (κ3) is 3.73. The summed E-state index contributed by atoms with van der Waals surface area (Å²) in [7, 11) is 1.75. The Morgan fingerprint density at radius 2 is 2.12 bits per heavy atom. The van der Waals surface area contributed by atoms with E-state index in [0.29, 0.717) is 17.7 Å². The summed E-state index contributed by atoms with van der Waals surface area (Å²) in [6, 6.07) is 7.24. The lowest BCUT2D eigenvalue weighted by Crippen LogP contribution is -2.38. The lowest BCUT2D eigenvalue weighted by Gasteiger charge is -2.22. The first-order valence-electron chi connectivity index (χ1n) is 8.74. The maximum absolute atomic E-state index is 12.7. The molecule has 2 atom stereocenters. The fraction of sp³-hybridized carbons (Fsp3) is 0.421. The minimum absolute atomic E-state index is 0.0747. The topological polar surface area (TPSA) is 67.2 Å². The van der Waals surface area contributed by atoms with Crippen molar-refractivity contribution in [1.82, 2.24) is 19.8 Å². The smallest absolute Gasteiger partial charge is 0.253 e. The molecular weight excluding hydrogens is 316 g/mol. The molecule has 1 aromatic heterocycles. The Morgan fingerprint density at radius 1 is 1.32 bits per heavy atom. The molecule has 1 N–H and O–H groups in total. The number of nitrogens with one attached hydrogen (secondary N) is 1. The molecule has 25 heavy (non-hydrogen) atoms. The number of nitrogens with zero attached hydrogens (tertiary/aromatic N) is 3. The molecule has 0 saturated heterocycles. The fourth-order valence-electron chi connectivity index (χ4n) is 3.34. The second-order valence-electron chi connectivity index (χ2n) is 6.49. The molecule has 2 amide bonds. The summed E-state index contributed by atoms with van der Waals surface area (Å²) in [5.41, 5.74) is 1.06. The third-order valence-corrected chi connectivity index (χ3v) is 4.90. The highest BCUT2D eigenvalue weighted by molar-refractivity contribution is 5.99. The number of benzene rings is 1. The van der Waals surface area contributed by atoms with Gasteiger partial charge in [-0.1, -0.05) is 6.07 Å². The number of carbonyl (C=O) groups excluding carboxylic acids is 2. The summed E-state index contributed by atoms with van der Waals surface area (Å²) in [4.78, 5) is 30.7. The monoisotopic (exact) mass is 340 g/mol. The van der Waals surface area contributed by atoms with Gasteiger partial charge in [0.05, 0.1) is 12.4 Å². The van der Waals surface area contributed by atoms with Gasteiger partial charge in [-0.05, 0) is 44.4 Å². The van der Waals surface area contributed by atoms with Crippen molar-refractivity contribution in [2.75, 3.05) is 13.6 Å². The van der Waals surface area contributed by atoms with Crippen molar-refractivity contribution in [2.24, 2.45) is 0 Å². The van der Waals surface area contributed by atoms with Crippen molar-refractivity contribution in [2.45, 2.75) is 38.3 Å². The molecule has 0 radical (unpaired) electrons. The zero-order chi connectivity index (χ0) is 17.8. The number of carbonyl (C=O) groups is 2. The van der Waals surface area contributed by atoms with Gasteiger partial charge in [0.15, 0.2) is 0 Å². The predicted molar refractivity (Wildman–Crippen MR) is 95.4 cm³/mol. The van der Waals surface area contributed by atoms with E-state index in [2.05, 4.69) is 14.9 Å². The van der Waals surface area contributed by atoms with E-state index in [-0.39, 0.29) is 23.9 Å². The zero-order valence-corrected chi connectivity index (χ0v) is 14.7. The van der Waals surface area contributed by atoms with Crippen molar-refractivity contribution in [3.05, 3.63) is 54.1 Å². The van der Waals surface area contributed by atoms with Crippen LogP contribution in [0.3, 0.4) is 0 Å². The summed E-state index contributed by atoms with van der Waals surface area (Å²) in [6.07, 6.45) is 8.56. The van der Waals surface area contributed by atoms with E-state index in [0.717, 1.165) is 19.3 Å². The summed E-state index contributed by atoms with van der Waals surface area (Å²) in [5.74, 6) is -0.208. The van der Waals surface area contributed by atoms with Gasteiger partial charge in [0, 0.05) is 43.2 Å². The molecule has 1 aromatic carbocycles. The number of hydrogen-bond acceptors (Lipinski definition) is 3. The average molecular weight is 340 g/mol. The molecule has 1 aliphatic rings. The van der Waals surface area contributed by atoms with Crippen molar-refractivity contribution >= 4 is 11.8 Å². The van der Waals surface area contributed by atoms with Crippen LogP contribution in [0.4, 0.5) is 0 Å². The Morgan fingerprint density at radius 3 is 2.84 bits per heavy atom. The summed E-state index contributed by atoms with van der Waals surface area (Å²) < 4.78 is 2.06. The number of aromatic nitrogens is 2. The van der Waals surface area contributed by atoms with Gasteiger partial charge in [-0.2, -0.15) is 0 Å². The van der Waals surface area contributed by atoms with Gasteiger partial charge in [-0.25, -0.2) is 4.98 Å². The molecule has 0 unspecified atom stereocenters. The molecule has 0 spiro atoms. The molecule has 6 nitrogen and oxygen atoms in total. The normalized spacial score (nSPS) is 19.6. The molecule has 132 valence electrons. The van der Waals surface area contributed by atoms with Crippen LogP contribution in [0.1, 0.15) is 52.9 Å². The van der Waals surface area contributed by atoms with Gasteiger partial charge in [0.2, 0.25) is 0 Å². The van der Waals surface area contributed by atoms with E-state index in [1.165, 1.54) is 0 Å². The molecule has 1 heterocycles. The number of hydrogen-bond donors (Lipinski definition) is 1. The van der Waals surface area contributed by atoms with Gasteiger partial charge < -0.3 is 14.8 Å². The lowest BCUT2D eigenvalue weighted by molar-refractivity contribution is 0.0802. The van der Waals surface area contributed by atoms with Gasteiger partial charge >= 0.3 is 0 Å². The van der Waals surface area contributed by atoms with Crippen molar-refractivity contribution in [3.8, 4) is 0 Å². The van der Waals surface area contributed by atoms with Crippen LogP contribution in [0.5, 0.6) is 0 Å². The first-order valence-corrected chi connectivity index (χ1v) is 8.74. The minimum Gasteiger partial charge on any atom is -0.347 e. The highest BCUT2D eigenvalue weighted by Gasteiger charge is 2.30. The third-order valence-electron chi connectivity index (χ3n) is 4.90. The first kappa shape index (κ1) is 17.2. The Bertz CT molecular complexity index is 742. The van der Waals surface area contributed by atoms with E-state index in [1.54, 1.807) is 48.7 Å². The Balaban J connectivity index is 1.72. The van der Waals surface area contributed by atoms with Crippen LogP contribution in [-0.4, -0.2) is 45.9 Å². The van der Waals surface area contributed by atoms with Gasteiger partial charge in [0.1, 0.15) is 0 Å². The molecule has 1 fully saturated rings. The van der Waals surface area contributed by atoms with Crippen LogP contribution in [0.2, 0.25) is 0 Å². The zero-order valence-electron chi connectivity index (χ0n) is 14.7. The van der Waals surface area contributed by atoms with Gasteiger partial charge in [0.25, 0.3) is 11.8 Å². The molecule has 2 aromatic rings. The van der Waals surface area contributed by atoms with Crippen molar-refractivity contribution in [1.29, 1.82) is 0 Å². The largest absolute Gasteiger partial charge is 0.347 e. The van der Waals surface area contributed by atoms with Crippen LogP contribution in [0.15, 0.2) is 43.0 Å². The molecule has 0 bridgehead atoms. The highest BCUT2D eigenvalue weighted by Crippen LogP contribution is 2.30. The first-order chi connectivity index (χ1) is 12.1. The number of rotatable bonds is 5. The SMILES string of the molecule is CCN(C)C(=O)c1cccc(C(=O)N[C@H]2CCC[C@H]2n2ccnc2)c1. The quantitative estimate of drug-likeness (QED) is 0.909. The molecule has 0 aliphatic heterocycles. The van der Waals surface area contributed by atoms with Crippen LogP contribution < -0.4 is 5.32 Å². The molecule has 6 heteroatoms. The maximum Gasteiger partial charge on any atom is 0.253 e. The number of imidazole rings is 1. The Hall–Kier alpha value is -2.63. The van der Waals surface area contributed by atoms with E-state index in [1.807, 2.05) is 13.1 Å². The predicted octanol–water partition coefficient (Wildman–Crippen LogP) is 2.50. The molecule has 1 aliphatic carbocycles. The Labute approximate surface area is 147 Å². The van der Waals surface area contributed by atoms with E-state index < -0.39 is 0 Å². The van der Waals surface area contributed by atoms with Crippen molar-refractivity contribution in [3.63, 3.8) is 0 Å². The van der Waals surface area contributed by atoms with Gasteiger partial charge in [-0.15, -0.1) is 0 Å². The van der Waals surface area contributed by atoms with E-state index in [4.69, 9.17) is 0 Å². The van der Waals surface area contributed by atoms with Crippen molar-refractivity contribution < 1.29 is 9.59 Å². The second kappa shape index (κ2) is 7.51. The Kier molecular flexibility index (Phi) is 5.16. The standard InChI is InChI=1S/C19H24N4O2/c1-3-22(2)19(25)15-7-4-6-14(12-15)18(24)21-16-8-5-9-17(16)23-11-10-20-13-23/h4,6-7,10-13,16-17H,3,5,8-9H2,1-2H3,(H,21,24)/t16-,17+/m0/s1.